The Morgan fingerprint density at radius 2 is 1.78 bits per heavy atom. The van der Waals surface area contributed by atoms with Crippen LogP contribution in [-0.4, -0.2) is 22.1 Å². The third-order valence-corrected chi connectivity index (χ3v) is 7.52. The van der Waals surface area contributed by atoms with Gasteiger partial charge in [0.05, 0.1) is 16.6 Å². The number of nitrogens with zero attached hydrogens (tertiary/aromatic N) is 2. The van der Waals surface area contributed by atoms with Gasteiger partial charge in [-0.15, -0.1) is 0 Å². The van der Waals surface area contributed by atoms with E-state index in [1.165, 1.54) is 38.5 Å². The molecule has 0 aromatic carbocycles. The van der Waals surface area contributed by atoms with Crippen LogP contribution in [-0.2, 0) is 0 Å². The SMILES string of the molecule is CC(C)c1noc2ncc(C(=O)N[C@H](C)C34CC5CC(CC(C5)C3)C4)cc12. The molecule has 1 amide bonds. The Labute approximate surface area is 160 Å². The molecule has 5 nitrogen and oxygen atoms in total. The number of pyridine rings is 1. The molecule has 6 rings (SSSR count). The van der Waals surface area contributed by atoms with E-state index >= 15 is 0 Å². The average molecular weight is 367 g/mol. The highest BCUT2D eigenvalue weighted by atomic mass is 16.5. The second-order valence-corrected chi connectivity index (χ2v) is 9.77. The van der Waals surface area contributed by atoms with Gasteiger partial charge >= 0.3 is 0 Å². The van der Waals surface area contributed by atoms with Gasteiger partial charge in [-0.05, 0) is 80.6 Å². The quantitative estimate of drug-likeness (QED) is 0.852. The molecular weight excluding hydrogens is 338 g/mol. The van der Waals surface area contributed by atoms with Crippen molar-refractivity contribution in [2.45, 2.75) is 71.3 Å². The summed E-state index contributed by atoms with van der Waals surface area (Å²) in [4.78, 5) is 17.3. The lowest BCUT2D eigenvalue weighted by Gasteiger charge is -2.59. The number of amides is 1. The molecule has 27 heavy (non-hydrogen) atoms. The summed E-state index contributed by atoms with van der Waals surface area (Å²) in [5.41, 5.74) is 2.28. The molecule has 2 heterocycles. The topological polar surface area (TPSA) is 68.0 Å². The Kier molecular flexibility index (Phi) is 3.85. The fraction of sp³-hybridized carbons (Fsp3) is 0.682. The molecule has 0 spiro atoms. The molecule has 0 radical (unpaired) electrons. The van der Waals surface area contributed by atoms with Gasteiger partial charge < -0.3 is 9.84 Å². The summed E-state index contributed by atoms with van der Waals surface area (Å²) in [6, 6.07) is 2.09. The van der Waals surface area contributed by atoms with Crippen LogP contribution in [0.25, 0.3) is 11.1 Å². The van der Waals surface area contributed by atoms with Gasteiger partial charge in [0.25, 0.3) is 11.6 Å². The van der Waals surface area contributed by atoms with Gasteiger partial charge in [0, 0.05) is 12.2 Å². The molecule has 1 atom stereocenters. The molecule has 2 aromatic rings. The lowest BCUT2D eigenvalue weighted by Crippen LogP contribution is -2.55. The zero-order valence-electron chi connectivity index (χ0n) is 16.5. The number of rotatable bonds is 4. The summed E-state index contributed by atoms with van der Waals surface area (Å²) in [5.74, 6) is 2.87. The Morgan fingerprint density at radius 1 is 1.15 bits per heavy atom. The summed E-state index contributed by atoms with van der Waals surface area (Å²) < 4.78 is 5.30. The van der Waals surface area contributed by atoms with Crippen molar-refractivity contribution >= 4 is 17.0 Å². The third-order valence-electron chi connectivity index (χ3n) is 7.52. The number of fused-ring (bicyclic) bond motifs is 1. The van der Waals surface area contributed by atoms with Gasteiger partial charge in [-0.2, -0.15) is 0 Å². The summed E-state index contributed by atoms with van der Waals surface area (Å²) in [5, 5.41) is 8.29. The lowest BCUT2D eigenvalue weighted by atomic mass is 9.48. The number of carbonyl (C=O) groups is 1. The van der Waals surface area contributed by atoms with Crippen LogP contribution in [0.3, 0.4) is 0 Å². The van der Waals surface area contributed by atoms with Crippen molar-refractivity contribution in [1.82, 2.24) is 15.5 Å². The van der Waals surface area contributed by atoms with E-state index in [0.717, 1.165) is 28.8 Å². The van der Waals surface area contributed by atoms with Gasteiger partial charge in [-0.3, -0.25) is 4.79 Å². The first-order valence-corrected chi connectivity index (χ1v) is 10.5. The van der Waals surface area contributed by atoms with Crippen molar-refractivity contribution in [2.75, 3.05) is 0 Å². The van der Waals surface area contributed by atoms with Gasteiger partial charge in [0.1, 0.15) is 0 Å². The van der Waals surface area contributed by atoms with Crippen LogP contribution in [0.15, 0.2) is 16.8 Å². The maximum absolute atomic E-state index is 13.0. The molecule has 144 valence electrons. The zero-order valence-corrected chi connectivity index (χ0v) is 16.5. The van der Waals surface area contributed by atoms with Gasteiger partial charge in [-0.1, -0.05) is 19.0 Å². The molecule has 4 aliphatic rings. The van der Waals surface area contributed by atoms with Crippen LogP contribution in [0.1, 0.15) is 81.3 Å². The minimum atomic E-state index is -0.0245. The van der Waals surface area contributed by atoms with Crippen molar-refractivity contribution in [1.29, 1.82) is 0 Å². The molecule has 4 saturated carbocycles. The maximum atomic E-state index is 13.0. The molecule has 1 N–H and O–H groups in total. The molecule has 5 heteroatoms. The Bertz CT molecular complexity index is 850. The van der Waals surface area contributed by atoms with Crippen LogP contribution in [0.5, 0.6) is 0 Å². The second-order valence-electron chi connectivity index (χ2n) is 9.77. The summed E-state index contributed by atoms with van der Waals surface area (Å²) in [6.45, 7) is 6.36. The smallest absolute Gasteiger partial charge is 0.257 e. The predicted octanol–water partition coefficient (Wildman–Crippen LogP) is 4.68. The van der Waals surface area contributed by atoms with Crippen LogP contribution < -0.4 is 5.32 Å². The highest BCUT2D eigenvalue weighted by Crippen LogP contribution is 2.61. The van der Waals surface area contributed by atoms with E-state index in [1.54, 1.807) is 6.20 Å². The van der Waals surface area contributed by atoms with Crippen molar-refractivity contribution in [3.05, 3.63) is 23.5 Å². The number of nitrogens with one attached hydrogen (secondary N) is 1. The van der Waals surface area contributed by atoms with Crippen molar-refractivity contribution in [2.24, 2.45) is 23.2 Å². The van der Waals surface area contributed by atoms with Crippen LogP contribution in [0, 0.1) is 23.2 Å². The highest BCUT2D eigenvalue weighted by molar-refractivity contribution is 5.97. The van der Waals surface area contributed by atoms with E-state index in [0.29, 0.717) is 16.7 Å². The van der Waals surface area contributed by atoms with E-state index < -0.39 is 0 Å². The zero-order chi connectivity index (χ0) is 18.8. The van der Waals surface area contributed by atoms with Crippen molar-refractivity contribution in [3.8, 4) is 0 Å². The Morgan fingerprint density at radius 3 is 2.37 bits per heavy atom. The number of hydrogen-bond acceptors (Lipinski definition) is 4. The molecule has 4 aliphatic carbocycles. The minimum absolute atomic E-state index is 0.0245. The minimum Gasteiger partial charge on any atom is -0.349 e. The third kappa shape index (κ3) is 2.77. The second kappa shape index (κ2) is 6.05. The first-order valence-electron chi connectivity index (χ1n) is 10.5. The summed E-state index contributed by atoms with van der Waals surface area (Å²) in [6.07, 6.45) is 9.76. The summed E-state index contributed by atoms with van der Waals surface area (Å²) >= 11 is 0. The van der Waals surface area contributed by atoms with Crippen molar-refractivity contribution in [3.63, 3.8) is 0 Å². The van der Waals surface area contributed by atoms with Gasteiger partial charge in [-0.25, -0.2) is 4.98 Å². The van der Waals surface area contributed by atoms with Crippen molar-refractivity contribution < 1.29 is 9.32 Å². The first-order chi connectivity index (χ1) is 12.9. The van der Waals surface area contributed by atoms with Crippen LogP contribution >= 0.6 is 0 Å². The molecular formula is C22H29N3O2. The predicted molar refractivity (Wildman–Crippen MR) is 103 cm³/mol. The standard InChI is InChI=1S/C22H29N3O2/c1-12(2)19-18-7-17(11-23-21(18)27-25-19)20(26)24-13(3)22-8-14-4-15(9-22)6-16(5-14)10-22/h7,11-16H,4-6,8-10H2,1-3H3,(H,24,26)/t13-,14?,15?,16?,22?/m1/s1. The molecule has 0 aliphatic heterocycles. The van der Waals surface area contributed by atoms with E-state index in [-0.39, 0.29) is 17.9 Å². The highest BCUT2D eigenvalue weighted by Gasteiger charge is 2.53. The lowest BCUT2D eigenvalue weighted by molar-refractivity contribution is -0.0688. The molecule has 4 bridgehead atoms. The fourth-order valence-electron chi connectivity index (χ4n) is 6.53. The summed E-state index contributed by atoms with van der Waals surface area (Å²) in [7, 11) is 0. The Hall–Kier alpha value is -1.91. The molecule has 2 aromatic heterocycles. The van der Waals surface area contributed by atoms with E-state index in [9.17, 15) is 4.79 Å². The van der Waals surface area contributed by atoms with Gasteiger partial charge in [0.15, 0.2) is 0 Å². The van der Waals surface area contributed by atoms with E-state index in [2.05, 4.69) is 36.2 Å². The first kappa shape index (κ1) is 17.2. The van der Waals surface area contributed by atoms with E-state index in [4.69, 9.17) is 4.52 Å². The maximum Gasteiger partial charge on any atom is 0.257 e. The molecule has 4 fully saturated rings. The van der Waals surface area contributed by atoms with E-state index in [1.807, 2.05) is 6.07 Å². The largest absolute Gasteiger partial charge is 0.349 e. The number of carbonyl (C=O) groups excluding carboxylic acids is 1. The normalized spacial score (nSPS) is 33.0. The number of hydrogen-bond donors (Lipinski definition) is 1. The van der Waals surface area contributed by atoms with Crippen LogP contribution in [0.2, 0.25) is 0 Å². The van der Waals surface area contributed by atoms with Crippen LogP contribution in [0.4, 0.5) is 0 Å². The Balaban J connectivity index is 1.37. The fourth-order valence-corrected chi connectivity index (χ4v) is 6.53. The average Bonchev–Trinajstić information content (AvgIpc) is 3.03. The molecule has 0 saturated heterocycles. The monoisotopic (exact) mass is 367 g/mol. The van der Waals surface area contributed by atoms with Gasteiger partial charge in [0.2, 0.25) is 0 Å². The number of aromatic nitrogens is 2. The molecule has 0 unspecified atom stereocenters.